The van der Waals surface area contributed by atoms with E-state index in [1.54, 1.807) is 11.8 Å². The van der Waals surface area contributed by atoms with Gasteiger partial charge in [0.1, 0.15) is 5.75 Å². The number of carbonyl (C=O) groups is 2. The summed E-state index contributed by atoms with van der Waals surface area (Å²) in [5, 5.41) is 0. The maximum atomic E-state index is 13.3. The highest BCUT2D eigenvalue weighted by molar-refractivity contribution is 5.79. The van der Waals surface area contributed by atoms with Crippen molar-refractivity contribution < 1.29 is 23.8 Å². The molecule has 0 aliphatic carbocycles. The van der Waals surface area contributed by atoms with E-state index in [0.29, 0.717) is 25.0 Å². The van der Waals surface area contributed by atoms with Crippen molar-refractivity contribution in [2.24, 2.45) is 0 Å². The molecule has 2 aromatic carbocycles. The Balaban J connectivity index is 1.75. The number of hydrogen-bond acceptors (Lipinski definition) is 5. The molecule has 3 rings (SSSR count). The van der Waals surface area contributed by atoms with Gasteiger partial charge in [-0.15, -0.1) is 0 Å². The Kier molecular flexibility index (Phi) is 7.35. The standard InChI is InChI=1S/C27H35NO5/c1-8-25(30)33-23-12-17(2)11-18(3)26(23)27(5,6)15-24(29)28(7)19(4)13-20-9-10-21-22(14-20)32-16-31-21/h9-12,14,19H,8,13,15-16H2,1-7H3. The van der Waals surface area contributed by atoms with Gasteiger partial charge in [0.25, 0.3) is 0 Å². The van der Waals surface area contributed by atoms with Gasteiger partial charge in [0.15, 0.2) is 11.5 Å². The van der Waals surface area contributed by atoms with Crippen LogP contribution in [0.5, 0.6) is 17.2 Å². The number of aryl methyl sites for hydroxylation is 2. The van der Waals surface area contributed by atoms with Gasteiger partial charge in [0, 0.05) is 36.9 Å². The van der Waals surface area contributed by atoms with Gasteiger partial charge in [0.2, 0.25) is 12.7 Å². The first-order chi connectivity index (χ1) is 15.5. The van der Waals surface area contributed by atoms with E-state index in [-0.39, 0.29) is 24.7 Å². The molecule has 1 atom stereocenters. The molecule has 33 heavy (non-hydrogen) atoms. The van der Waals surface area contributed by atoms with E-state index < -0.39 is 5.41 Å². The Morgan fingerprint density at radius 1 is 1.12 bits per heavy atom. The fourth-order valence-electron chi connectivity index (χ4n) is 4.45. The van der Waals surface area contributed by atoms with Crippen LogP contribution in [0.15, 0.2) is 30.3 Å². The molecule has 1 heterocycles. The highest BCUT2D eigenvalue weighted by Gasteiger charge is 2.32. The molecular formula is C27H35NO5. The summed E-state index contributed by atoms with van der Waals surface area (Å²) < 4.78 is 16.5. The van der Waals surface area contributed by atoms with Crippen molar-refractivity contribution in [3.05, 3.63) is 52.6 Å². The van der Waals surface area contributed by atoms with Gasteiger partial charge >= 0.3 is 5.97 Å². The maximum Gasteiger partial charge on any atom is 0.310 e. The second kappa shape index (κ2) is 9.86. The largest absolute Gasteiger partial charge is 0.454 e. The lowest BCUT2D eigenvalue weighted by Gasteiger charge is -2.32. The molecule has 0 saturated carbocycles. The highest BCUT2D eigenvalue weighted by atomic mass is 16.7. The lowest BCUT2D eigenvalue weighted by molar-refractivity contribution is -0.134. The van der Waals surface area contributed by atoms with Crippen molar-refractivity contribution in [3.8, 4) is 17.2 Å². The second-order valence-electron chi connectivity index (χ2n) is 9.59. The van der Waals surface area contributed by atoms with Crippen LogP contribution in [0, 0.1) is 13.8 Å². The summed E-state index contributed by atoms with van der Waals surface area (Å²) in [6, 6.07) is 9.85. The monoisotopic (exact) mass is 453 g/mol. The van der Waals surface area contributed by atoms with Gasteiger partial charge in [0.05, 0.1) is 0 Å². The first-order valence-electron chi connectivity index (χ1n) is 11.5. The fraction of sp³-hybridized carbons (Fsp3) is 0.481. The van der Waals surface area contributed by atoms with Gasteiger partial charge in [-0.05, 0) is 62.1 Å². The molecule has 0 bridgehead atoms. The number of benzene rings is 2. The van der Waals surface area contributed by atoms with E-state index in [1.165, 1.54) is 0 Å². The lowest BCUT2D eigenvalue weighted by atomic mass is 9.77. The lowest BCUT2D eigenvalue weighted by Crippen LogP contribution is -2.39. The SMILES string of the molecule is CCC(=O)Oc1cc(C)cc(C)c1C(C)(C)CC(=O)N(C)C(C)Cc1ccc2c(c1)OCO2. The Morgan fingerprint density at radius 2 is 1.82 bits per heavy atom. The van der Waals surface area contributed by atoms with Crippen molar-refractivity contribution >= 4 is 11.9 Å². The Morgan fingerprint density at radius 3 is 2.52 bits per heavy atom. The first kappa shape index (κ1) is 24.6. The summed E-state index contributed by atoms with van der Waals surface area (Å²) in [4.78, 5) is 27.1. The number of hydrogen-bond donors (Lipinski definition) is 0. The van der Waals surface area contributed by atoms with Crippen molar-refractivity contribution in [3.63, 3.8) is 0 Å². The number of ether oxygens (including phenoxy) is 3. The number of esters is 1. The van der Waals surface area contributed by atoms with Gasteiger partial charge < -0.3 is 19.1 Å². The summed E-state index contributed by atoms with van der Waals surface area (Å²) in [5.41, 5.74) is 3.52. The van der Waals surface area contributed by atoms with Crippen molar-refractivity contribution in [1.82, 2.24) is 4.90 Å². The summed E-state index contributed by atoms with van der Waals surface area (Å²) >= 11 is 0. The molecule has 6 heteroatoms. The summed E-state index contributed by atoms with van der Waals surface area (Å²) in [7, 11) is 1.84. The number of nitrogens with zero attached hydrogens (tertiary/aromatic N) is 1. The zero-order valence-corrected chi connectivity index (χ0v) is 20.8. The minimum absolute atomic E-state index is 0.00479. The minimum Gasteiger partial charge on any atom is -0.454 e. The topological polar surface area (TPSA) is 65.1 Å². The Bertz CT molecular complexity index is 1040. The number of amides is 1. The average molecular weight is 454 g/mol. The number of rotatable bonds is 8. The molecule has 0 spiro atoms. The molecule has 0 radical (unpaired) electrons. The molecule has 0 saturated heterocycles. The smallest absolute Gasteiger partial charge is 0.310 e. The van der Waals surface area contributed by atoms with Crippen molar-refractivity contribution in [1.29, 1.82) is 0 Å². The first-order valence-corrected chi connectivity index (χ1v) is 11.5. The maximum absolute atomic E-state index is 13.3. The summed E-state index contributed by atoms with van der Waals surface area (Å²) in [6.07, 6.45) is 1.31. The summed E-state index contributed by atoms with van der Waals surface area (Å²) in [5.74, 6) is 1.82. The van der Waals surface area contributed by atoms with Crippen LogP contribution in [0.4, 0.5) is 0 Å². The zero-order valence-electron chi connectivity index (χ0n) is 20.8. The minimum atomic E-state index is -0.509. The third kappa shape index (κ3) is 5.67. The number of carbonyl (C=O) groups excluding carboxylic acids is 2. The predicted molar refractivity (Wildman–Crippen MR) is 128 cm³/mol. The molecule has 178 valence electrons. The highest BCUT2D eigenvalue weighted by Crippen LogP contribution is 2.39. The zero-order chi connectivity index (χ0) is 24.3. The molecule has 1 unspecified atom stereocenters. The van der Waals surface area contributed by atoms with Crippen molar-refractivity contribution in [2.45, 2.75) is 72.3 Å². The van der Waals surface area contributed by atoms with Crippen LogP contribution in [0.25, 0.3) is 0 Å². The van der Waals surface area contributed by atoms with Crippen LogP contribution in [0.1, 0.15) is 62.8 Å². The van der Waals surface area contributed by atoms with E-state index in [2.05, 4.69) is 6.07 Å². The molecule has 1 aliphatic heterocycles. The van der Waals surface area contributed by atoms with Crippen LogP contribution in [0.3, 0.4) is 0 Å². The third-order valence-corrected chi connectivity index (χ3v) is 6.25. The van der Waals surface area contributed by atoms with E-state index in [0.717, 1.165) is 33.8 Å². The molecule has 6 nitrogen and oxygen atoms in total. The van der Waals surface area contributed by atoms with E-state index >= 15 is 0 Å². The van der Waals surface area contributed by atoms with E-state index in [4.69, 9.17) is 14.2 Å². The Labute approximate surface area is 196 Å². The predicted octanol–water partition coefficient (Wildman–Crippen LogP) is 5.10. The third-order valence-electron chi connectivity index (χ3n) is 6.25. The van der Waals surface area contributed by atoms with Gasteiger partial charge in [-0.1, -0.05) is 32.9 Å². The normalized spacial score (nSPS) is 13.5. The molecule has 1 amide bonds. The molecule has 2 aromatic rings. The van der Waals surface area contributed by atoms with Crippen LogP contribution >= 0.6 is 0 Å². The fourth-order valence-corrected chi connectivity index (χ4v) is 4.45. The molecule has 0 aromatic heterocycles. The molecule has 1 aliphatic rings. The van der Waals surface area contributed by atoms with E-state index in [1.807, 2.05) is 65.9 Å². The van der Waals surface area contributed by atoms with Crippen LogP contribution < -0.4 is 14.2 Å². The van der Waals surface area contributed by atoms with Gasteiger partial charge in [-0.3, -0.25) is 9.59 Å². The van der Waals surface area contributed by atoms with Crippen LogP contribution in [-0.2, 0) is 21.4 Å². The summed E-state index contributed by atoms with van der Waals surface area (Å²) in [6.45, 7) is 12.1. The number of fused-ring (bicyclic) bond motifs is 1. The average Bonchev–Trinajstić information content (AvgIpc) is 3.19. The quantitative estimate of drug-likeness (QED) is 0.411. The molecular weight excluding hydrogens is 418 g/mol. The number of likely N-dealkylation sites (N-methyl/N-ethyl adjacent to an activating group) is 1. The van der Waals surface area contributed by atoms with Gasteiger partial charge in [-0.25, -0.2) is 0 Å². The van der Waals surface area contributed by atoms with Crippen LogP contribution in [0.2, 0.25) is 0 Å². The second-order valence-corrected chi connectivity index (χ2v) is 9.59. The van der Waals surface area contributed by atoms with Gasteiger partial charge in [-0.2, -0.15) is 0 Å². The molecule has 0 fully saturated rings. The Hall–Kier alpha value is -3.02. The van der Waals surface area contributed by atoms with Crippen molar-refractivity contribution in [2.75, 3.05) is 13.8 Å². The molecule has 0 N–H and O–H groups in total. The van der Waals surface area contributed by atoms with Crippen LogP contribution in [-0.4, -0.2) is 36.7 Å². The van der Waals surface area contributed by atoms with E-state index in [9.17, 15) is 9.59 Å².